The number of hydrogen-bond donors (Lipinski definition) is 1. The van der Waals surface area contributed by atoms with E-state index in [4.69, 9.17) is 0 Å². The summed E-state index contributed by atoms with van der Waals surface area (Å²) in [4.78, 5) is 40.3. The summed E-state index contributed by atoms with van der Waals surface area (Å²) in [6.07, 6.45) is 5.60. The Hall–Kier alpha value is -2.95. The van der Waals surface area contributed by atoms with Crippen molar-refractivity contribution >= 4 is 17.7 Å². The van der Waals surface area contributed by atoms with Gasteiger partial charge in [0.15, 0.2) is 0 Å². The molecule has 0 aromatic heterocycles. The van der Waals surface area contributed by atoms with Gasteiger partial charge in [-0.15, -0.1) is 0 Å². The summed E-state index contributed by atoms with van der Waals surface area (Å²) in [5.41, 5.74) is 1.66. The average Bonchev–Trinajstić information content (AvgIpc) is 2.98. The zero-order chi connectivity index (χ0) is 19.5. The molecule has 1 heterocycles. The monoisotopic (exact) mass is 376 g/mol. The molecule has 28 heavy (non-hydrogen) atoms. The first-order valence-electron chi connectivity index (χ1n) is 9.96. The summed E-state index contributed by atoms with van der Waals surface area (Å²) in [6.45, 7) is 0. The lowest BCUT2D eigenvalue weighted by Gasteiger charge is -2.29. The molecule has 1 aliphatic carbocycles. The Bertz CT molecular complexity index is 853. The van der Waals surface area contributed by atoms with Gasteiger partial charge in [0, 0.05) is 12.5 Å². The molecule has 1 atom stereocenters. The van der Waals surface area contributed by atoms with Crippen molar-refractivity contribution in [2.24, 2.45) is 0 Å². The Labute approximate surface area is 164 Å². The minimum atomic E-state index is -0.850. The minimum Gasteiger partial charge on any atom is -0.352 e. The van der Waals surface area contributed by atoms with Crippen molar-refractivity contribution in [3.05, 3.63) is 71.3 Å². The summed E-state index contributed by atoms with van der Waals surface area (Å²) in [5.74, 6) is -1.02. The van der Waals surface area contributed by atoms with E-state index in [1.165, 1.54) is 6.42 Å². The number of hydrogen-bond acceptors (Lipinski definition) is 3. The van der Waals surface area contributed by atoms with Crippen LogP contribution in [0.1, 0.15) is 58.4 Å². The van der Waals surface area contributed by atoms with Crippen LogP contribution in [0.5, 0.6) is 0 Å². The van der Waals surface area contributed by atoms with Gasteiger partial charge in [-0.1, -0.05) is 61.7 Å². The summed E-state index contributed by atoms with van der Waals surface area (Å²) in [7, 11) is 0. The molecule has 144 valence electrons. The second-order valence-electron chi connectivity index (χ2n) is 7.57. The van der Waals surface area contributed by atoms with Gasteiger partial charge >= 0.3 is 0 Å². The van der Waals surface area contributed by atoms with E-state index in [0.29, 0.717) is 17.5 Å². The molecule has 0 spiro atoms. The van der Waals surface area contributed by atoms with Gasteiger partial charge in [0.25, 0.3) is 11.8 Å². The second kappa shape index (κ2) is 7.97. The number of carbonyl (C=O) groups is 3. The van der Waals surface area contributed by atoms with E-state index in [0.717, 1.165) is 36.1 Å². The molecule has 2 aromatic carbocycles. The molecule has 2 aliphatic rings. The highest BCUT2D eigenvalue weighted by atomic mass is 16.2. The quantitative estimate of drug-likeness (QED) is 0.814. The first-order chi connectivity index (χ1) is 13.6. The van der Waals surface area contributed by atoms with Crippen LogP contribution in [-0.4, -0.2) is 34.7 Å². The van der Waals surface area contributed by atoms with Crippen LogP contribution in [0.15, 0.2) is 54.6 Å². The van der Waals surface area contributed by atoms with Crippen molar-refractivity contribution in [2.45, 2.75) is 50.6 Å². The lowest BCUT2D eigenvalue weighted by atomic mass is 9.94. The SMILES string of the molecule is O=C(NC1CCCCC1)C(Cc1ccccc1)N1C(=O)c2ccccc2C1=O. The van der Waals surface area contributed by atoms with Crippen molar-refractivity contribution in [2.75, 3.05) is 0 Å². The maximum atomic E-state index is 13.2. The number of carbonyl (C=O) groups excluding carboxylic acids is 3. The fraction of sp³-hybridized carbons (Fsp3) is 0.348. The lowest BCUT2D eigenvalue weighted by molar-refractivity contribution is -0.126. The van der Waals surface area contributed by atoms with E-state index in [1.807, 2.05) is 30.3 Å². The molecule has 1 fully saturated rings. The molecule has 1 saturated carbocycles. The third kappa shape index (κ3) is 3.57. The number of amides is 3. The van der Waals surface area contributed by atoms with E-state index in [9.17, 15) is 14.4 Å². The van der Waals surface area contributed by atoms with Crippen LogP contribution in [0, 0.1) is 0 Å². The fourth-order valence-electron chi connectivity index (χ4n) is 4.17. The van der Waals surface area contributed by atoms with Crippen LogP contribution in [-0.2, 0) is 11.2 Å². The Kier molecular flexibility index (Phi) is 5.24. The Morgan fingerprint density at radius 3 is 2.07 bits per heavy atom. The predicted octanol–water partition coefficient (Wildman–Crippen LogP) is 3.34. The summed E-state index contributed by atoms with van der Waals surface area (Å²) >= 11 is 0. The Morgan fingerprint density at radius 1 is 0.893 bits per heavy atom. The number of nitrogens with zero attached hydrogens (tertiary/aromatic N) is 1. The molecular weight excluding hydrogens is 352 g/mol. The number of fused-ring (bicyclic) bond motifs is 1. The zero-order valence-corrected chi connectivity index (χ0v) is 15.8. The minimum absolute atomic E-state index is 0.120. The molecule has 4 rings (SSSR count). The largest absolute Gasteiger partial charge is 0.352 e. The maximum absolute atomic E-state index is 13.2. The maximum Gasteiger partial charge on any atom is 0.262 e. The van der Waals surface area contributed by atoms with Crippen LogP contribution in [0.4, 0.5) is 0 Å². The van der Waals surface area contributed by atoms with E-state index in [-0.39, 0.29) is 23.8 Å². The van der Waals surface area contributed by atoms with Crippen LogP contribution in [0.3, 0.4) is 0 Å². The van der Waals surface area contributed by atoms with Gasteiger partial charge in [0.2, 0.25) is 5.91 Å². The number of benzene rings is 2. The molecule has 0 saturated heterocycles. The average molecular weight is 376 g/mol. The van der Waals surface area contributed by atoms with Crippen LogP contribution < -0.4 is 5.32 Å². The molecule has 2 aromatic rings. The normalized spacial score (nSPS) is 18.1. The lowest BCUT2D eigenvalue weighted by Crippen LogP contribution is -2.53. The number of nitrogens with one attached hydrogen (secondary N) is 1. The van der Waals surface area contributed by atoms with Gasteiger partial charge in [-0.3, -0.25) is 19.3 Å². The third-order valence-corrected chi connectivity index (χ3v) is 5.66. The molecule has 1 N–H and O–H groups in total. The molecule has 5 heteroatoms. The highest BCUT2D eigenvalue weighted by molar-refractivity contribution is 6.22. The molecular formula is C23H24N2O3. The summed E-state index contributed by atoms with van der Waals surface area (Å²) in [5, 5.41) is 3.10. The molecule has 3 amide bonds. The smallest absolute Gasteiger partial charge is 0.262 e. The Morgan fingerprint density at radius 2 is 1.46 bits per heavy atom. The van der Waals surface area contributed by atoms with Gasteiger partial charge < -0.3 is 5.32 Å². The van der Waals surface area contributed by atoms with Crippen LogP contribution in [0.25, 0.3) is 0 Å². The van der Waals surface area contributed by atoms with Crippen molar-refractivity contribution in [3.63, 3.8) is 0 Å². The third-order valence-electron chi connectivity index (χ3n) is 5.66. The second-order valence-corrected chi connectivity index (χ2v) is 7.57. The van der Waals surface area contributed by atoms with E-state index in [2.05, 4.69) is 5.32 Å². The molecule has 1 aliphatic heterocycles. The van der Waals surface area contributed by atoms with Gasteiger partial charge in [0.1, 0.15) is 6.04 Å². The molecule has 0 radical (unpaired) electrons. The topological polar surface area (TPSA) is 66.5 Å². The van der Waals surface area contributed by atoms with Crippen LogP contribution >= 0.6 is 0 Å². The summed E-state index contributed by atoms with van der Waals surface area (Å²) in [6, 6.07) is 15.6. The van der Waals surface area contributed by atoms with Crippen LogP contribution in [0.2, 0.25) is 0 Å². The van der Waals surface area contributed by atoms with Gasteiger partial charge in [-0.2, -0.15) is 0 Å². The fourth-order valence-corrected chi connectivity index (χ4v) is 4.17. The van der Waals surface area contributed by atoms with Gasteiger partial charge in [-0.05, 0) is 30.5 Å². The van der Waals surface area contributed by atoms with Gasteiger partial charge in [0.05, 0.1) is 11.1 Å². The van der Waals surface area contributed by atoms with Crippen molar-refractivity contribution in [3.8, 4) is 0 Å². The van der Waals surface area contributed by atoms with E-state index < -0.39 is 6.04 Å². The molecule has 1 unspecified atom stereocenters. The standard InChI is InChI=1S/C23H24N2O3/c26-21(24-17-11-5-2-6-12-17)20(15-16-9-3-1-4-10-16)25-22(27)18-13-7-8-14-19(18)23(25)28/h1,3-4,7-10,13-14,17,20H,2,5-6,11-12,15H2,(H,24,26). The van der Waals surface area contributed by atoms with Crippen molar-refractivity contribution in [1.82, 2.24) is 10.2 Å². The zero-order valence-electron chi connectivity index (χ0n) is 15.8. The van der Waals surface area contributed by atoms with Gasteiger partial charge in [-0.25, -0.2) is 0 Å². The molecule has 0 bridgehead atoms. The number of imide groups is 1. The highest BCUT2D eigenvalue weighted by Gasteiger charge is 2.42. The highest BCUT2D eigenvalue weighted by Crippen LogP contribution is 2.26. The first-order valence-corrected chi connectivity index (χ1v) is 9.96. The summed E-state index contributed by atoms with van der Waals surface area (Å²) < 4.78 is 0. The van der Waals surface area contributed by atoms with E-state index >= 15 is 0 Å². The predicted molar refractivity (Wildman–Crippen MR) is 106 cm³/mol. The van der Waals surface area contributed by atoms with Crippen molar-refractivity contribution < 1.29 is 14.4 Å². The van der Waals surface area contributed by atoms with Crippen molar-refractivity contribution in [1.29, 1.82) is 0 Å². The molecule has 5 nitrogen and oxygen atoms in total. The Balaban J connectivity index is 1.62. The van der Waals surface area contributed by atoms with E-state index in [1.54, 1.807) is 24.3 Å². The first kappa shape index (κ1) is 18.4. The number of rotatable bonds is 5.